The topological polar surface area (TPSA) is 52.6 Å². The minimum absolute atomic E-state index is 0.0766. The molecule has 5 heteroatoms. The first-order valence-corrected chi connectivity index (χ1v) is 8.92. The Morgan fingerprint density at radius 3 is 2.46 bits per heavy atom. The molecule has 0 heterocycles. The average Bonchev–Trinajstić information content (AvgIpc) is 2.54. The van der Waals surface area contributed by atoms with Gasteiger partial charge in [-0.3, -0.25) is 9.69 Å². The van der Waals surface area contributed by atoms with Crippen LogP contribution in [0.25, 0.3) is 0 Å². The fourth-order valence-corrected chi connectivity index (χ4v) is 3.22. The summed E-state index contributed by atoms with van der Waals surface area (Å²) in [7, 11) is 2.02. The second kappa shape index (κ2) is 9.47. The molecule has 1 amide bonds. The Balaban J connectivity index is 1.74. The van der Waals surface area contributed by atoms with Crippen LogP contribution in [0, 0.1) is 0 Å². The van der Waals surface area contributed by atoms with Gasteiger partial charge in [0.2, 0.25) is 5.91 Å². The van der Waals surface area contributed by atoms with Gasteiger partial charge in [-0.15, -0.1) is 11.8 Å². The van der Waals surface area contributed by atoms with Crippen molar-refractivity contribution in [3.63, 3.8) is 0 Å². The predicted octanol–water partition coefficient (Wildman–Crippen LogP) is 3.23. The molecular weight excluding hydrogens is 320 g/mol. The van der Waals surface area contributed by atoms with E-state index in [1.165, 1.54) is 12.5 Å². The van der Waals surface area contributed by atoms with Gasteiger partial charge in [-0.05, 0) is 36.9 Å². The quantitative estimate of drug-likeness (QED) is 0.722. The van der Waals surface area contributed by atoms with Crippen molar-refractivity contribution in [2.24, 2.45) is 0 Å². The highest BCUT2D eigenvalue weighted by atomic mass is 32.2. The van der Waals surface area contributed by atoms with Gasteiger partial charge in [0, 0.05) is 36.3 Å². The number of nitrogens with one attached hydrogen (secondary N) is 1. The van der Waals surface area contributed by atoms with E-state index in [1.54, 1.807) is 11.8 Å². The van der Waals surface area contributed by atoms with E-state index >= 15 is 0 Å². The Morgan fingerprint density at radius 1 is 1.17 bits per heavy atom. The summed E-state index contributed by atoms with van der Waals surface area (Å²) in [5.41, 5.74) is 2.03. The number of likely N-dealkylation sites (N-methyl/N-ethyl adjacent to an activating group) is 1. The molecule has 1 unspecified atom stereocenters. The predicted molar refractivity (Wildman–Crippen MR) is 100 cm³/mol. The zero-order valence-corrected chi connectivity index (χ0v) is 14.9. The third-order valence-corrected chi connectivity index (χ3v) is 4.59. The zero-order valence-electron chi connectivity index (χ0n) is 14.1. The summed E-state index contributed by atoms with van der Waals surface area (Å²) in [5, 5.41) is 13.0. The fraction of sp³-hybridized carbons (Fsp3) is 0.316. The standard InChI is InChI=1S/C19H24N2O2S/c1-15(22)20-17-8-10-19(11-9-17)24-14-18(23)13-21(2)12-16-6-4-3-5-7-16/h3-11,18,23H,12-14H2,1-2H3,(H,20,22). The van der Waals surface area contributed by atoms with Crippen LogP contribution in [0.15, 0.2) is 59.5 Å². The van der Waals surface area contributed by atoms with Crippen molar-refractivity contribution < 1.29 is 9.90 Å². The fourth-order valence-electron chi connectivity index (χ4n) is 2.40. The van der Waals surface area contributed by atoms with Crippen molar-refractivity contribution in [1.82, 2.24) is 4.90 Å². The van der Waals surface area contributed by atoms with Gasteiger partial charge in [-0.1, -0.05) is 30.3 Å². The van der Waals surface area contributed by atoms with Crippen molar-refractivity contribution in [3.8, 4) is 0 Å². The van der Waals surface area contributed by atoms with E-state index in [0.29, 0.717) is 12.3 Å². The van der Waals surface area contributed by atoms with Gasteiger partial charge in [0.25, 0.3) is 0 Å². The van der Waals surface area contributed by atoms with Gasteiger partial charge in [0.15, 0.2) is 0 Å². The number of benzene rings is 2. The van der Waals surface area contributed by atoms with Crippen LogP contribution in [-0.4, -0.2) is 41.4 Å². The monoisotopic (exact) mass is 344 g/mol. The molecule has 0 fully saturated rings. The Bertz CT molecular complexity index is 632. The highest BCUT2D eigenvalue weighted by molar-refractivity contribution is 7.99. The molecule has 24 heavy (non-hydrogen) atoms. The summed E-state index contributed by atoms with van der Waals surface area (Å²) in [6, 6.07) is 17.9. The maximum atomic E-state index is 11.0. The molecule has 2 aromatic rings. The molecule has 0 spiro atoms. The van der Waals surface area contributed by atoms with Crippen LogP contribution in [0.5, 0.6) is 0 Å². The number of thioether (sulfide) groups is 1. The molecule has 0 aromatic heterocycles. The summed E-state index contributed by atoms with van der Waals surface area (Å²) >= 11 is 1.62. The van der Waals surface area contributed by atoms with Crippen LogP contribution < -0.4 is 5.32 Å². The number of nitrogens with zero attached hydrogens (tertiary/aromatic N) is 1. The van der Waals surface area contributed by atoms with Gasteiger partial charge >= 0.3 is 0 Å². The van der Waals surface area contributed by atoms with E-state index in [1.807, 2.05) is 49.5 Å². The molecule has 0 aliphatic carbocycles. The highest BCUT2D eigenvalue weighted by Gasteiger charge is 2.09. The van der Waals surface area contributed by atoms with Crippen molar-refractivity contribution in [2.45, 2.75) is 24.5 Å². The lowest BCUT2D eigenvalue weighted by atomic mass is 10.2. The van der Waals surface area contributed by atoms with Gasteiger partial charge < -0.3 is 10.4 Å². The lowest BCUT2D eigenvalue weighted by Crippen LogP contribution is -2.30. The van der Waals surface area contributed by atoms with Crippen molar-refractivity contribution in [3.05, 3.63) is 60.2 Å². The second-order valence-corrected chi connectivity index (χ2v) is 6.95. The molecule has 2 N–H and O–H groups in total. The zero-order chi connectivity index (χ0) is 17.4. The molecular formula is C19H24N2O2S. The van der Waals surface area contributed by atoms with Crippen LogP contribution in [0.1, 0.15) is 12.5 Å². The molecule has 2 rings (SSSR count). The van der Waals surface area contributed by atoms with Crippen molar-refractivity contribution in [1.29, 1.82) is 0 Å². The summed E-state index contributed by atoms with van der Waals surface area (Å²) in [6.45, 7) is 2.95. The molecule has 2 aromatic carbocycles. The first-order chi connectivity index (χ1) is 11.5. The minimum atomic E-state index is -0.390. The summed E-state index contributed by atoms with van der Waals surface area (Å²) in [5.74, 6) is 0.561. The smallest absolute Gasteiger partial charge is 0.221 e. The van der Waals surface area contributed by atoms with E-state index < -0.39 is 6.10 Å². The molecule has 0 aliphatic rings. The number of carbonyl (C=O) groups is 1. The second-order valence-electron chi connectivity index (χ2n) is 5.85. The third kappa shape index (κ3) is 6.74. The highest BCUT2D eigenvalue weighted by Crippen LogP contribution is 2.21. The van der Waals surface area contributed by atoms with E-state index in [9.17, 15) is 9.90 Å². The number of hydrogen-bond donors (Lipinski definition) is 2. The molecule has 0 aliphatic heterocycles. The SMILES string of the molecule is CC(=O)Nc1ccc(SCC(O)CN(C)Cc2ccccc2)cc1. The summed E-state index contributed by atoms with van der Waals surface area (Å²) < 4.78 is 0. The first-order valence-electron chi connectivity index (χ1n) is 7.94. The Hall–Kier alpha value is -1.82. The van der Waals surface area contributed by atoms with E-state index in [0.717, 1.165) is 17.1 Å². The molecule has 4 nitrogen and oxygen atoms in total. The lowest BCUT2D eigenvalue weighted by molar-refractivity contribution is -0.114. The van der Waals surface area contributed by atoms with Gasteiger partial charge in [0.05, 0.1) is 6.10 Å². The van der Waals surface area contributed by atoms with Crippen LogP contribution in [0.4, 0.5) is 5.69 Å². The van der Waals surface area contributed by atoms with Crippen molar-refractivity contribution in [2.75, 3.05) is 24.7 Å². The Morgan fingerprint density at radius 2 is 1.83 bits per heavy atom. The maximum Gasteiger partial charge on any atom is 0.221 e. The van der Waals surface area contributed by atoms with E-state index in [4.69, 9.17) is 0 Å². The van der Waals surface area contributed by atoms with Crippen LogP contribution in [-0.2, 0) is 11.3 Å². The largest absolute Gasteiger partial charge is 0.391 e. The molecule has 1 atom stereocenters. The number of rotatable bonds is 8. The molecule has 0 saturated heterocycles. The minimum Gasteiger partial charge on any atom is -0.391 e. The number of anilines is 1. The number of aliphatic hydroxyl groups excluding tert-OH is 1. The van der Waals surface area contributed by atoms with Gasteiger partial charge in [-0.2, -0.15) is 0 Å². The van der Waals surface area contributed by atoms with Crippen LogP contribution in [0.2, 0.25) is 0 Å². The van der Waals surface area contributed by atoms with Gasteiger partial charge in [-0.25, -0.2) is 0 Å². The Labute approximate surface area is 147 Å². The molecule has 0 bridgehead atoms. The number of amides is 1. The van der Waals surface area contributed by atoms with Crippen LogP contribution in [0.3, 0.4) is 0 Å². The van der Waals surface area contributed by atoms with Crippen LogP contribution >= 0.6 is 11.8 Å². The van der Waals surface area contributed by atoms with E-state index in [2.05, 4.69) is 22.3 Å². The van der Waals surface area contributed by atoms with E-state index in [-0.39, 0.29) is 5.91 Å². The maximum absolute atomic E-state index is 11.0. The molecule has 128 valence electrons. The lowest BCUT2D eigenvalue weighted by Gasteiger charge is -2.20. The summed E-state index contributed by atoms with van der Waals surface area (Å²) in [4.78, 5) is 14.2. The molecule has 0 radical (unpaired) electrons. The Kier molecular flexibility index (Phi) is 7.31. The number of carbonyl (C=O) groups excluding carboxylic acids is 1. The van der Waals surface area contributed by atoms with Gasteiger partial charge in [0.1, 0.15) is 0 Å². The summed E-state index contributed by atoms with van der Waals surface area (Å²) in [6.07, 6.45) is -0.390. The first kappa shape index (κ1) is 18.5. The third-order valence-electron chi connectivity index (χ3n) is 3.43. The normalized spacial score (nSPS) is 12.2. The number of aliphatic hydroxyl groups is 1. The average molecular weight is 344 g/mol. The number of hydrogen-bond acceptors (Lipinski definition) is 4. The molecule has 0 saturated carbocycles. The van der Waals surface area contributed by atoms with Crippen molar-refractivity contribution >= 4 is 23.4 Å².